The number of halogens is 2. The van der Waals surface area contributed by atoms with Crippen LogP contribution in [0.15, 0.2) is 18.2 Å². The Labute approximate surface area is 93.9 Å². The van der Waals surface area contributed by atoms with Gasteiger partial charge in [0.1, 0.15) is 5.82 Å². The van der Waals surface area contributed by atoms with Gasteiger partial charge in [-0.05, 0) is 24.1 Å². The van der Waals surface area contributed by atoms with Crippen molar-refractivity contribution in [3.05, 3.63) is 34.6 Å². The lowest BCUT2D eigenvalue weighted by Crippen LogP contribution is -2.33. The highest BCUT2D eigenvalue weighted by Crippen LogP contribution is 2.29. The van der Waals surface area contributed by atoms with E-state index in [-0.39, 0.29) is 19.0 Å². The van der Waals surface area contributed by atoms with E-state index in [1.807, 2.05) is 6.92 Å². The summed E-state index contributed by atoms with van der Waals surface area (Å²) in [6.45, 7) is 2.09. The maximum atomic E-state index is 13.6. The Balaban J connectivity index is 3.12. The number of hydrogen-bond acceptors (Lipinski definition) is 2. The summed E-state index contributed by atoms with van der Waals surface area (Å²) in [4.78, 5) is 0. The molecule has 1 rings (SSSR count). The second-order valence-electron chi connectivity index (χ2n) is 3.86. The predicted molar refractivity (Wildman–Crippen MR) is 59.5 cm³/mol. The molecule has 2 nitrogen and oxygen atoms in total. The van der Waals surface area contributed by atoms with E-state index in [9.17, 15) is 4.39 Å². The molecule has 84 valence electrons. The summed E-state index contributed by atoms with van der Waals surface area (Å²) >= 11 is 5.67. The fourth-order valence-corrected chi connectivity index (χ4v) is 1.73. The molecule has 0 fully saturated rings. The third-order valence-corrected chi connectivity index (χ3v) is 2.93. The van der Waals surface area contributed by atoms with Crippen LogP contribution < -0.4 is 5.73 Å². The average Bonchev–Trinajstić information content (AvgIpc) is 2.17. The van der Waals surface area contributed by atoms with Crippen LogP contribution in [0.25, 0.3) is 0 Å². The first kappa shape index (κ1) is 12.4. The fourth-order valence-electron chi connectivity index (χ4n) is 1.57. The van der Waals surface area contributed by atoms with E-state index in [1.165, 1.54) is 6.07 Å². The van der Waals surface area contributed by atoms with Crippen molar-refractivity contribution in [2.24, 2.45) is 5.73 Å². The molecule has 0 aliphatic rings. The van der Waals surface area contributed by atoms with Crippen molar-refractivity contribution in [2.45, 2.75) is 18.8 Å². The number of rotatable bonds is 4. The summed E-state index contributed by atoms with van der Waals surface area (Å²) in [5, 5.41) is 9.30. The van der Waals surface area contributed by atoms with Crippen LogP contribution in [0.5, 0.6) is 0 Å². The molecule has 0 radical (unpaired) electrons. The quantitative estimate of drug-likeness (QED) is 0.834. The Morgan fingerprint density at radius 3 is 2.67 bits per heavy atom. The minimum Gasteiger partial charge on any atom is -0.396 e. The summed E-state index contributed by atoms with van der Waals surface area (Å²) in [5.74, 6) is -0.371. The van der Waals surface area contributed by atoms with Gasteiger partial charge in [0.15, 0.2) is 0 Å². The van der Waals surface area contributed by atoms with Gasteiger partial charge in [0.2, 0.25) is 0 Å². The molecular weight excluding hydrogens is 217 g/mol. The normalized spacial score (nSPS) is 15.0. The van der Waals surface area contributed by atoms with Gasteiger partial charge in [-0.3, -0.25) is 0 Å². The smallest absolute Gasteiger partial charge is 0.128 e. The van der Waals surface area contributed by atoms with Crippen LogP contribution in [0.1, 0.15) is 18.9 Å². The summed E-state index contributed by atoms with van der Waals surface area (Å²) in [7, 11) is 0. The van der Waals surface area contributed by atoms with Gasteiger partial charge in [-0.25, -0.2) is 4.39 Å². The largest absolute Gasteiger partial charge is 0.396 e. The van der Waals surface area contributed by atoms with Crippen molar-refractivity contribution in [1.82, 2.24) is 0 Å². The fraction of sp³-hybridized carbons (Fsp3) is 0.455. The monoisotopic (exact) mass is 231 g/mol. The van der Waals surface area contributed by atoms with Gasteiger partial charge in [-0.1, -0.05) is 24.6 Å². The average molecular weight is 232 g/mol. The molecule has 15 heavy (non-hydrogen) atoms. The van der Waals surface area contributed by atoms with E-state index in [4.69, 9.17) is 22.4 Å². The van der Waals surface area contributed by atoms with Gasteiger partial charge in [-0.15, -0.1) is 0 Å². The molecule has 0 heterocycles. The van der Waals surface area contributed by atoms with Crippen LogP contribution in [-0.2, 0) is 5.41 Å². The molecule has 1 unspecified atom stereocenters. The van der Waals surface area contributed by atoms with Gasteiger partial charge in [0.05, 0.1) is 0 Å². The Morgan fingerprint density at radius 2 is 2.20 bits per heavy atom. The van der Waals surface area contributed by atoms with E-state index in [2.05, 4.69) is 0 Å². The third kappa shape index (κ3) is 2.68. The Hall–Kier alpha value is -0.640. The first-order valence-corrected chi connectivity index (χ1v) is 5.18. The van der Waals surface area contributed by atoms with Crippen molar-refractivity contribution in [3.63, 3.8) is 0 Å². The molecule has 0 saturated carbocycles. The third-order valence-electron chi connectivity index (χ3n) is 2.70. The molecule has 0 aliphatic heterocycles. The van der Waals surface area contributed by atoms with Crippen LogP contribution in [0.2, 0.25) is 5.02 Å². The number of nitrogens with two attached hydrogens (primary N) is 1. The van der Waals surface area contributed by atoms with E-state index < -0.39 is 5.41 Å². The molecule has 1 atom stereocenters. The first-order valence-electron chi connectivity index (χ1n) is 4.80. The Bertz CT molecular complexity index is 345. The van der Waals surface area contributed by atoms with Crippen molar-refractivity contribution in [1.29, 1.82) is 0 Å². The molecule has 1 aromatic rings. The number of benzene rings is 1. The summed E-state index contributed by atoms with van der Waals surface area (Å²) in [6.07, 6.45) is 0.433. The molecular formula is C11H15ClFNO. The predicted octanol–water partition coefficient (Wildman–Crippen LogP) is 2.08. The molecule has 0 aliphatic carbocycles. The van der Waals surface area contributed by atoms with Gasteiger partial charge in [0, 0.05) is 23.6 Å². The Kier molecular flexibility index (Phi) is 4.08. The lowest BCUT2D eigenvalue weighted by atomic mass is 9.79. The molecule has 3 N–H and O–H groups in total. The maximum absolute atomic E-state index is 13.6. The van der Waals surface area contributed by atoms with Crippen molar-refractivity contribution < 1.29 is 9.50 Å². The second kappa shape index (κ2) is 4.92. The molecule has 0 amide bonds. The highest BCUT2D eigenvalue weighted by atomic mass is 35.5. The zero-order valence-corrected chi connectivity index (χ0v) is 9.39. The number of aliphatic hydroxyl groups excluding tert-OH is 1. The van der Waals surface area contributed by atoms with Crippen LogP contribution in [-0.4, -0.2) is 18.3 Å². The van der Waals surface area contributed by atoms with Gasteiger partial charge >= 0.3 is 0 Å². The van der Waals surface area contributed by atoms with E-state index in [0.29, 0.717) is 17.0 Å². The van der Waals surface area contributed by atoms with E-state index >= 15 is 0 Å². The molecule has 0 spiro atoms. The molecule has 1 aromatic carbocycles. The topological polar surface area (TPSA) is 46.2 Å². The van der Waals surface area contributed by atoms with E-state index in [0.717, 1.165) is 0 Å². The molecule has 0 aromatic heterocycles. The lowest BCUT2D eigenvalue weighted by Gasteiger charge is -2.28. The van der Waals surface area contributed by atoms with Crippen LogP contribution in [0.3, 0.4) is 0 Å². The minimum absolute atomic E-state index is 0.0181. The molecule has 0 saturated heterocycles. The van der Waals surface area contributed by atoms with Crippen LogP contribution in [0, 0.1) is 5.82 Å². The van der Waals surface area contributed by atoms with Crippen molar-refractivity contribution in [3.8, 4) is 0 Å². The Morgan fingerprint density at radius 1 is 1.53 bits per heavy atom. The van der Waals surface area contributed by atoms with Gasteiger partial charge in [0.25, 0.3) is 0 Å². The van der Waals surface area contributed by atoms with Crippen LogP contribution >= 0.6 is 11.6 Å². The zero-order valence-electron chi connectivity index (χ0n) is 8.63. The van der Waals surface area contributed by atoms with Gasteiger partial charge < -0.3 is 10.8 Å². The summed E-state index contributed by atoms with van der Waals surface area (Å²) < 4.78 is 13.6. The summed E-state index contributed by atoms with van der Waals surface area (Å²) in [6, 6.07) is 4.52. The SMILES string of the molecule is CC(CN)(CCO)c1ccc(Cl)cc1F. The number of aliphatic hydroxyl groups is 1. The highest BCUT2D eigenvalue weighted by Gasteiger charge is 2.27. The molecule has 0 bridgehead atoms. The first-order chi connectivity index (χ1) is 7.03. The summed E-state index contributed by atoms with van der Waals surface area (Å²) in [5.41, 5.74) is 5.59. The second-order valence-corrected chi connectivity index (χ2v) is 4.30. The highest BCUT2D eigenvalue weighted by molar-refractivity contribution is 6.30. The lowest BCUT2D eigenvalue weighted by molar-refractivity contribution is 0.244. The minimum atomic E-state index is -0.538. The zero-order chi connectivity index (χ0) is 11.5. The standard InChI is InChI=1S/C11H15ClFNO/c1-11(7-14,4-5-15)9-3-2-8(12)6-10(9)13/h2-3,6,15H,4-5,7,14H2,1H3. The molecule has 4 heteroatoms. The van der Waals surface area contributed by atoms with Gasteiger partial charge in [-0.2, -0.15) is 0 Å². The maximum Gasteiger partial charge on any atom is 0.128 e. The van der Waals surface area contributed by atoms with Crippen LogP contribution in [0.4, 0.5) is 4.39 Å². The number of hydrogen-bond donors (Lipinski definition) is 2. The van der Waals surface area contributed by atoms with Crippen molar-refractivity contribution >= 4 is 11.6 Å². The van der Waals surface area contributed by atoms with Crippen molar-refractivity contribution in [2.75, 3.05) is 13.2 Å². The van der Waals surface area contributed by atoms with E-state index in [1.54, 1.807) is 12.1 Å².